The highest BCUT2D eigenvalue weighted by molar-refractivity contribution is 4.65. The van der Waals surface area contributed by atoms with Gasteiger partial charge in [0, 0.05) is 6.61 Å². The summed E-state index contributed by atoms with van der Waals surface area (Å²) in [6.07, 6.45) is 2.53. The fourth-order valence-corrected chi connectivity index (χ4v) is 0.709. The largest absolute Gasteiger partial charge is 0.376 e. The number of hydrogen-bond donors (Lipinski definition) is 0. The van der Waals surface area contributed by atoms with Crippen LogP contribution < -0.4 is 0 Å². The van der Waals surface area contributed by atoms with Crippen molar-refractivity contribution >= 4 is 0 Å². The van der Waals surface area contributed by atoms with Gasteiger partial charge in [-0.1, -0.05) is 6.92 Å². The molecule has 1 radical (unpaired) electrons. The van der Waals surface area contributed by atoms with Gasteiger partial charge in [0.25, 0.3) is 0 Å². The maximum atomic E-state index is 5.14. The predicted molar refractivity (Wildman–Crippen MR) is 34.9 cm³/mol. The lowest BCUT2D eigenvalue weighted by atomic mass is 10.2. The maximum absolute atomic E-state index is 5.14. The first kappa shape index (κ1) is 7.03. The average Bonchev–Trinajstić information content (AvgIpc) is 1.76. The van der Waals surface area contributed by atoms with Gasteiger partial charge in [-0.25, -0.2) is 0 Å². The number of hydrogen-bond acceptors (Lipinski definition) is 2. The summed E-state index contributed by atoms with van der Waals surface area (Å²) >= 11 is 0. The highest BCUT2D eigenvalue weighted by Crippen LogP contribution is 2.11. The van der Waals surface area contributed by atoms with E-state index in [0.717, 1.165) is 26.1 Å². The van der Waals surface area contributed by atoms with Crippen molar-refractivity contribution in [3.05, 3.63) is 6.61 Å². The molecule has 0 aliphatic carbocycles. The molecule has 0 aromatic carbocycles. The summed E-state index contributed by atoms with van der Waals surface area (Å²) in [4.78, 5) is 0. The first-order valence-corrected chi connectivity index (χ1v) is 3.48. The Morgan fingerprint density at radius 2 is 2.56 bits per heavy atom. The third kappa shape index (κ3) is 2.33. The molecule has 0 aromatic heterocycles. The van der Waals surface area contributed by atoms with Crippen LogP contribution in [-0.2, 0) is 9.47 Å². The van der Waals surface area contributed by atoms with Crippen molar-refractivity contribution in [1.82, 2.24) is 0 Å². The molecule has 1 atom stereocenters. The molecule has 2 heteroatoms. The standard InChI is InChI=1S/C7H13O2/c1-2-4-8-6-7-3-5-9-7/h4,7H,2-3,5-6H2,1H3. The first-order valence-electron chi connectivity index (χ1n) is 3.48. The fraction of sp³-hybridized carbons (Fsp3) is 0.857. The van der Waals surface area contributed by atoms with Crippen molar-refractivity contribution in [2.24, 2.45) is 0 Å². The predicted octanol–water partition coefficient (Wildman–Crippen LogP) is 1.36. The second-order valence-electron chi connectivity index (χ2n) is 2.19. The second-order valence-corrected chi connectivity index (χ2v) is 2.19. The minimum Gasteiger partial charge on any atom is -0.376 e. The molecule has 0 amide bonds. The summed E-state index contributed by atoms with van der Waals surface area (Å²) in [6, 6.07) is 0. The van der Waals surface area contributed by atoms with Crippen LogP contribution >= 0.6 is 0 Å². The van der Waals surface area contributed by atoms with E-state index < -0.39 is 0 Å². The minimum absolute atomic E-state index is 0.382. The quantitative estimate of drug-likeness (QED) is 0.534. The van der Waals surface area contributed by atoms with Crippen molar-refractivity contribution in [3.63, 3.8) is 0 Å². The van der Waals surface area contributed by atoms with E-state index in [9.17, 15) is 0 Å². The zero-order chi connectivity index (χ0) is 6.53. The molecule has 1 aliphatic heterocycles. The molecule has 1 heterocycles. The Hall–Kier alpha value is -0.0800. The Morgan fingerprint density at radius 3 is 3.00 bits per heavy atom. The second kappa shape index (κ2) is 3.85. The molecule has 0 aromatic rings. The average molecular weight is 129 g/mol. The smallest absolute Gasteiger partial charge is 0.0835 e. The van der Waals surface area contributed by atoms with Crippen LogP contribution in [-0.4, -0.2) is 19.3 Å². The van der Waals surface area contributed by atoms with Gasteiger partial charge in [0.1, 0.15) is 0 Å². The summed E-state index contributed by atoms with van der Waals surface area (Å²) in [5.74, 6) is 0. The molecule has 1 unspecified atom stereocenters. The van der Waals surface area contributed by atoms with Crippen LogP contribution in [0.15, 0.2) is 0 Å². The van der Waals surface area contributed by atoms with E-state index in [4.69, 9.17) is 9.47 Å². The lowest BCUT2D eigenvalue weighted by Crippen LogP contribution is -2.30. The minimum atomic E-state index is 0.382. The molecule has 1 aliphatic rings. The molecular formula is C7H13O2. The molecule has 0 spiro atoms. The summed E-state index contributed by atoms with van der Waals surface area (Å²) in [5.41, 5.74) is 0. The van der Waals surface area contributed by atoms with Crippen LogP contribution in [0.4, 0.5) is 0 Å². The molecule has 2 nitrogen and oxygen atoms in total. The van der Waals surface area contributed by atoms with Crippen molar-refractivity contribution in [2.75, 3.05) is 13.2 Å². The van der Waals surface area contributed by atoms with E-state index in [1.807, 2.05) is 6.61 Å². The van der Waals surface area contributed by atoms with E-state index in [2.05, 4.69) is 6.92 Å². The fourth-order valence-electron chi connectivity index (χ4n) is 0.709. The lowest BCUT2D eigenvalue weighted by molar-refractivity contribution is -0.0852. The van der Waals surface area contributed by atoms with Crippen LogP contribution in [0, 0.1) is 6.61 Å². The van der Waals surface area contributed by atoms with Crippen molar-refractivity contribution < 1.29 is 9.47 Å². The Morgan fingerprint density at radius 1 is 1.78 bits per heavy atom. The Labute approximate surface area is 56.2 Å². The van der Waals surface area contributed by atoms with E-state index in [0.29, 0.717) is 6.10 Å². The van der Waals surface area contributed by atoms with Crippen molar-refractivity contribution in [2.45, 2.75) is 25.9 Å². The number of ether oxygens (including phenoxy) is 2. The molecule has 53 valence electrons. The van der Waals surface area contributed by atoms with E-state index >= 15 is 0 Å². The molecule has 1 rings (SSSR count). The third-order valence-corrected chi connectivity index (χ3v) is 1.36. The maximum Gasteiger partial charge on any atom is 0.0835 e. The van der Waals surface area contributed by atoms with Gasteiger partial charge in [-0.05, 0) is 12.8 Å². The highest BCUT2D eigenvalue weighted by Gasteiger charge is 2.17. The summed E-state index contributed by atoms with van der Waals surface area (Å²) in [7, 11) is 0. The monoisotopic (exact) mass is 129 g/mol. The van der Waals surface area contributed by atoms with Crippen LogP contribution in [0.25, 0.3) is 0 Å². The lowest BCUT2D eigenvalue weighted by Gasteiger charge is -2.25. The zero-order valence-electron chi connectivity index (χ0n) is 5.80. The van der Waals surface area contributed by atoms with Gasteiger partial charge in [-0.15, -0.1) is 0 Å². The summed E-state index contributed by atoms with van der Waals surface area (Å²) in [5, 5.41) is 0. The molecule has 9 heavy (non-hydrogen) atoms. The van der Waals surface area contributed by atoms with E-state index in [1.54, 1.807) is 0 Å². The Balaban J connectivity index is 1.80. The van der Waals surface area contributed by atoms with Gasteiger partial charge in [0.2, 0.25) is 0 Å². The first-order chi connectivity index (χ1) is 4.43. The van der Waals surface area contributed by atoms with Crippen LogP contribution in [0.5, 0.6) is 0 Å². The van der Waals surface area contributed by atoms with Gasteiger partial charge in [0.05, 0.1) is 19.3 Å². The van der Waals surface area contributed by atoms with Gasteiger partial charge >= 0.3 is 0 Å². The topological polar surface area (TPSA) is 18.5 Å². The molecule has 0 saturated carbocycles. The van der Waals surface area contributed by atoms with Crippen molar-refractivity contribution in [3.8, 4) is 0 Å². The molecule has 0 bridgehead atoms. The SMILES string of the molecule is CC[CH]OCC1CCO1. The molecular weight excluding hydrogens is 116 g/mol. The van der Waals surface area contributed by atoms with Gasteiger partial charge < -0.3 is 9.47 Å². The van der Waals surface area contributed by atoms with Gasteiger partial charge in [0.15, 0.2) is 0 Å². The molecule has 1 saturated heterocycles. The Kier molecular flexibility index (Phi) is 3.01. The van der Waals surface area contributed by atoms with E-state index in [-0.39, 0.29) is 0 Å². The van der Waals surface area contributed by atoms with Crippen LogP contribution in [0.2, 0.25) is 0 Å². The molecule has 1 fully saturated rings. The summed E-state index contributed by atoms with van der Waals surface area (Å²) < 4.78 is 10.3. The Bertz CT molecular complexity index is 69.3. The summed E-state index contributed by atoms with van der Waals surface area (Å²) in [6.45, 7) is 5.54. The third-order valence-electron chi connectivity index (χ3n) is 1.36. The number of rotatable bonds is 4. The van der Waals surface area contributed by atoms with Crippen LogP contribution in [0.3, 0.4) is 0 Å². The highest BCUT2D eigenvalue weighted by atomic mass is 16.5. The van der Waals surface area contributed by atoms with Crippen molar-refractivity contribution in [1.29, 1.82) is 0 Å². The van der Waals surface area contributed by atoms with E-state index in [1.165, 1.54) is 0 Å². The van der Waals surface area contributed by atoms with Gasteiger partial charge in [-0.2, -0.15) is 0 Å². The molecule has 0 N–H and O–H groups in total. The zero-order valence-corrected chi connectivity index (χ0v) is 5.80. The van der Waals surface area contributed by atoms with Gasteiger partial charge in [-0.3, -0.25) is 0 Å². The normalized spacial score (nSPS) is 25.7. The van der Waals surface area contributed by atoms with Crippen LogP contribution in [0.1, 0.15) is 19.8 Å².